The van der Waals surface area contributed by atoms with Crippen molar-refractivity contribution in [2.75, 3.05) is 0 Å². The highest BCUT2D eigenvalue weighted by molar-refractivity contribution is 5.95. The minimum absolute atomic E-state index is 0.0550. The monoisotopic (exact) mass is 192 g/mol. The third kappa shape index (κ3) is 0.406. The van der Waals surface area contributed by atoms with Gasteiger partial charge in [-0.25, -0.2) is 0 Å². The number of carbonyl (C=O) groups excluding carboxylic acids is 1. The topological polar surface area (TPSA) is 54.4 Å². The minimum atomic E-state index is -0.631. The zero-order valence-electron chi connectivity index (χ0n) is 7.82. The van der Waals surface area contributed by atoms with Crippen LogP contribution in [-0.2, 0) is 9.59 Å². The predicted octanol–water partition coefficient (Wildman–Crippen LogP) is 1.08. The van der Waals surface area contributed by atoms with Crippen molar-refractivity contribution in [1.29, 1.82) is 0 Å². The fourth-order valence-corrected chi connectivity index (χ4v) is 5.21. The van der Waals surface area contributed by atoms with Crippen LogP contribution in [0.4, 0.5) is 0 Å². The number of Topliss-reactive ketones (excluding diaryl/α,β-unsaturated/α-hetero) is 1. The lowest BCUT2D eigenvalue weighted by atomic mass is 9.32. The molecule has 4 aliphatic rings. The van der Waals surface area contributed by atoms with Gasteiger partial charge in [0.25, 0.3) is 0 Å². The summed E-state index contributed by atoms with van der Waals surface area (Å²) >= 11 is 0. The van der Waals surface area contributed by atoms with E-state index >= 15 is 0 Å². The first-order valence-corrected chi connectivity index (χ1v) is 5.39. The molecule has 4 fully saturated rings. The fourth-order valence-electron chi connectivity index (χ4n) is 5.21. The maximum absolute atomic E-state index is 11.8. The normalized spacial score (nSPS) is 61.7. The highest BCUT2D eigenvalue weighted by Crippen LogP contribution is 2.85. The van der Waals surface area contributed by atoms with Crippen LogP contribution in [0.25, 0.3) is 0 Å². The Hall–Kier alpha value is -0.860. The summed E-state index contributed by atoms with van der Waals surface area (Å²) in [7, 11) is 0. The van der Waals surface area contributed by atoms with E-state index in [2.05, 4.69) is 0 Å². The van der Waals surface area contributed by atoms with E-state index in [0.717, 1.165) is 19.3 Å². The van der Waals surface area contributed by atoms with E-state index in [1.807, 2.05) is 0 Å². The molecule has 1 N–H and O–H groups in total. The minimum Gasteiger partial charge on any atom is -0.481 e. The molecule has 0 amide bonds. The highest BCUT2D eigenvalue weighted by atomic mass is 16.4. The van der Waals surface area contributed by atoms with Gasteiger partial charge in [-0.1, -0.05) is 0 Å². The third-order valence-corrected chi connectivity index (χ3v) is 5.69. The van der Waals surface area contributed by atoms with E-state index in [1.54, 1.807) is 0 Å². The highest BCUT2D eigenvalue weighted by Gasteiger charge is 2.85. The van der Waals surface area contributed by atoms with Gasteiger partial charge in [0.2, 0.25) is 0 Å². The maximum atomic E-state index is 11.8. The van der Waals surface area contributed by atoms with Crippen molar-refractivity contribution in [3.63, 3.8) is 0 Å². The lowest BCUT2D eigenvalue weighted by Crippen LogP contribution is -2.70. The molecule has 74 valence electrons. The summed E-state index contributed by atoms with van der Waals surface area (Å²) in [6.45, 7) is 0. The molecule has 2 bridgehead atoms. The molecule has 3 heteroatoms. The molecule has 0 saturated heterocycles. The Kier molecular flexibility index (Phi) is 0.881. The zero-order chi connectivity index (χ0) is 9.72. The van der Waals surface area contributed by atoms with Gasteiger partial charge in [0.1, 0.15) is 5.78 Å². The van der Waals surface area contributed by atoms with Crippen LogP contribution in [0.15, 0.2) is 0 Å². The van der Waals surface area contributed by atoms with Crippen LogP contribution in [0, 0.1) is 28.6 Å². The van der Waals surface area contributed by atoms with Crippen LogP contribution < -0.4 is 0 Å². The van der Waals surface area contributed by atoms with Crippen molar-refractivity contribution in [1.82, 2.24) is 0 Å². The Morgan fingerprint density at radius 1 is 1.36 bits per heavy atom. The fraction of sp³-hybridized carbons (Fsp3) is 0.818. The lowest BCUT2D eigenvalue weighted by molar-refractivity contribution is -0.241. The molecule has 0 aromatic carbocycles. The van der Waals surface area contributed by atoms with Gasteiger partial charge >= 0.3 is 5.97 Å². The van der Waals surface area contributed by atoms with Gasteiger partial charge in [-0.05, 0) is 37.0 Å². The Balaban J connectivity index is 1.90. The van der Waals surface area contributed by atoms with Crippen LogP contribution >= 0.6 is 0 Å². The summed E-state index contributed by atoms with van der Waals surface area (Å²) in [5.41, 5.74) is -0.528. The Bertz CT molecular complexity index is 388. The van der Waals surface area contributed by atoms with Gasteiger partial charge in [-0.2, -0.15) is 0 Å². The smallest absolute Gasteiger partial charge is 0.310 e. The van der Waals surface area contributed by atoms with E-state index in [4.69, 9.17) is 0 Å². The molecule has 0 radical (unpaired) electrons. The summed E-state index contributed by atoms with van der Waals surface area (Å²) in [6.07, 6.45) is 3.38. The van der Waals surface area contributed by atoms with Gasteiger partial charge in [-0.3, -0.25) is 9.59 Å². The number of rotatable bonds is 1. The van der Waals surface area contributed by atoms with Gasteiger partial charge in [0, 0.05) is 11.8 Å². The maximum Gasteiger partial charge on any atom is 0.310 e. The van der Waals surface area contributed by atoms with E-state index in [1.165, 1.54) is 0 Å². The number of carboxylic acids is 1. The van der Waals surface area contributed by atoms with Crippen molar-refractivity contribution in [2.24, 2.45) is 28.6 Å². The second-order valence-electron chi connectivity index (χ2n) is 5.62. The van der Waals surface area contributed by atoms with Gasteiger partial charge < -0.3 is 5.11 Å². The standard InChI is InChI=1S/C11H12O3/c12-8-5-2-10(9(13)14)4-6-1-7(8)11(6,10)3-5/h5-7H,1-4H2,(H,13,14). The number of carboxylic acid groups (broad SMARTS) is 1. The van der Waals surface area contributed by atoms with Crippen LogP contribution in [-0.4, -0.2) is 16.9 Å². The summed E-state index contributed by atoms with van der Waals surface area (Å²) in [5.74, 6) is 0.561. The van der Waals surface area contributed by atoms with Crippen molar-refractivity contribution in [3.05, 3.63) is 0 Å². The second kappa shape index (κ2) is 1.66. The van der Waals surface area contributed by atoms with Gasteiger partial charge in [0.05, 0.1) is 5.41 Å². The summed E-state index contributed by atoms with van der Waals surface area (Å²) in [4.78, 5) is 23.1. The second-order valence-corrected chi connectivity index (χ2v) is 5.62. The molecule has 14 heavy (non-hydrogen) atoms. The van der Waals surface area contributed by atoms with E-state index in [9.17, 15) is 14.7 Å². The molecular weight excluding hydrogens is 180 g/mol. The number of ketones is 1. The lowest BCUT2D eigenvalue weighted by Gasteiger charge is -2.69. The average molecular weight is 192 g/mol. The molecule has 1 spiro atoms. The van der Waals surface area contributed by atoms with Crippen LogP contribution in [0.3, 0.4) is 0 Å². The molecule has 4 aliphatic carbocycles. The number of aliphatic carboxylic acids is 1. The molecule has 0 heterocycles. The van der Waals surface area contributed by atoms with Crippen LogP contribution in [0.5, 0.6) is 0 Å². The van der Waals surface area contributed by atoms with E-state index in [0.29, 0.717) is 18.1 Å². The quantitative estimate of drug-likeness (QED) is 0.676. The first kappa shape index (κ1) is 7.43. The summed E-state index contributed by atoms with van der Waals surface area (Å²) < 4.78 is 0. The number of hydrogen-bond donors (Lipinski definition) is 1. The third-order valence-electron chi connectivity index (χ3n) is 5.69. The van der Waals surface area contributed by atoms with Crippen molar-refractivity contribution < 1.29 is 14.7 Å². The molecule has 5 atom stereocenters. The van der Waals surface area contributed by atoms with Crippen molar-refractivity contribution in [3.8, 4) is 0 Å². The predicted molar refractivity (Wildman–Crippen MR) is 46.4 cm³/mol. The molecule has 0 aromatic rings. The van der Waals surface area contributed by atoms with Crippen LogP contribution in [0.1, 0.15) is 25.7 Å². The first-order valence-electron chi connectivity index (χ1n) is 5.39. The molecule has 4 saturated carbocycles. The SMILES string of the molecule is O=C1C2CC3(C(=O)O)CC4CC1C43C2. The number of fused-ring (bicyclic) bond motifs is 1. The summed E-state index contributed by atoms with van der Waals surface area (Å²) in [6, 6.07) is 0. The Labute approximate surface area is 81.5 Å². The largest absolute Gasteiger partial charge is 0.481 e. The average Bonchev–Trinajstić information content (AvgIpc) is 2.55. The first-order chi connectivity index (χ1) is 6.62. The molecule has 0 aliphatic heterocycles. The molecule has 3 nitrogen and oxygen atoms in total. The van der Waals surface area contributed by atoms with Gasteiger partial charge in [0.15, 0.2) is 0 Å². The van der Waals surface area contributed by atoms with E-state index < -0.39 is 11.4 Å². The van der Waals surface area contributed by atoms with Crippen molar-refractivity contribution >= 4 is 11.8 Å². The number of carbonyl (C=O) groups is 2. The molecular formula is C11H12O3. The number of hydrogen-bond acceptors (Lipinski definition) is 2. The van der Waals surface area contributed by atoms with Gasteiger partial charge in [-0.15, -0.1) is 0 Å². The summed E-state index contributed by atoms with van der Waals surface area (Å²) in [5, 5.41) is 9.32. The molecule has 4 rings (SSSR count). The Morgan fingerprint density at radius 3 is 2.71 bits per heavy atom. The van der Waals surface area contributed by atoms with Crippen LogP contribution in [0.2, 0.25) is 0 Å². The van der Waals surface area contributed by atoms with Crippen molar-refractivity contribution in [2.45, 2.75) is 25.7 Å². The van der Waals surface area contributed by atoms with E-state index in [-0.39, 0.29) is 17.3 Å². The molecule has 0 aromatic heterocycles. The Morgan fingerprint density at radius 2 is 2.14 bits per heavy atom. The molecule has 5 unspecified atom stereocenters. The zero-order valence-corrected chi connectivity index (χ0v) is 7.82.